The number of nitrogens with zero attached hydrogens (tertiary/aromatic N) is 4. The number of ether oxygens (including phenoxy) is 1. The second kappa shape index (κ2) is 11.3. The molecule has 150 valence electrons. The number of benzene rings is 2. The summed E-state index contributed by atoms with van der Waals surface area (Å²) in [5.41, 5.74) is 7.87. The Morgan fingerprint density at radius 1 is 1.24 bits per heavy atom. The van der Waals surface area contributed by atoms with Gasteiger partial charge in [-0.3, -0.25) is 0 Å². The Hall–Kier alpha value is -2.77. The summed E-state index contributed by atoms with van der Waals surface area (Å²) in [5.74, 6) is 1.45. The van der Waals surface area contributed by atoms with Crippen LogP contribution in [-0.4, -0.2) is 27.5 Å². The molecule has 0 aliphatic carbocycles. The minimum atomic E-state index is 0.398. The van der Waals surface area contributed by atoms with E-state index in [0.29, 0.717) is 22.5 Å². The minimum absolute atomic E-state index is 0.398. The van der Waals surface area contributed by atoms with Crippen LogP contribution in [0.2, 0.25) is 5.02 Å². The molecular weight excluding hydrogens is 406 g/mol. The molecule has 0 atom stereocenters. The van der Waals surface area contributed by atoms with E-state index in [1.54, 1.807) is 30.9 Å². The molecule has 0 saturated carbocycles. The quantitative estimate of drug-likeness (QED) is 0.234. The van der Waals surface area contributed by atoms with Gasteiger partial charge in [-0.25, -0.2) is 4.98 Å². The lowest BCUT2D eigenvalue weighted by Gasteiger charge is -2.09. The third kappa shape index (κ3) is 7.29. The molecule has 0 amide bonds. The van der Waals surface area contributed by atoms with Crippen molar-refractivity contribution in [2.45, 2.75) is 18.7 Å². The van der Waals surface area contributed by atoms with Crippen LogP contribution in [0.4, 0.5) is 0 Å². The van der Waals surface area contributed by atoms with Crippen molar-refractivity contribution < 1.29 is 4.74 Å². The van der Waals surface area contributed by atoms with Gasteiger partial charge in [-0.05, 0) is 30.2 Å². The van der Waals surface area contributed by atoms with E-state index in [4.69, 9.17) is 22.1 Å². The first-order valence-corrected chi connectivity index (χ1v) is 10.5. The zero-order valence-electron chi connectivity index (χ0n) is 15.8. The van der Waals surface area contributed by atoms with Gasteiger partial charge < -0.3 is 15.0 Å². The van der Waals surface area contributed by atoms with Crippen LogP contribution >= 0.6 is 23.4 Å². The van der Waals surface area contributed by atoms with Gasteiger partial charge in [0, 0.05) is 35.3 Å². The molecule has 1 aromatic heterocycles. The Labute approximate surface area is 179 Å². The summed E-state index contributed by atoms with van der Waals surface area (Å²) >= 11 is 7.55. The molecule has 2 N–H and O–H groups in total. The summed E-state index contributed by atoms with van der Waals surface area (Å²) in [5, 5.41) is 9.15. The van der Waals surface area contributed by atoms with E-state index in [0.717, 1.165) is 24.3 Å². The molecule has 0 fully saturated rings. The van der Waals surface area contributed by atoms with Crippen molar-refractivity contribution in [2.75, 3.05) is 6.61 Å². The molecular formula is C21H22ClN5OS. The van der Waals surface area contributed by atoms with Gasteiger partial charge in [-0.1, -0.05) is 53.7 Å². The molecule has 8 heteroatoms. The number of aryl methyl sites for hydroxylation is 1. The van der Waals surface area contributed by atoms with Crippen molar-refractivity contribution in [1.29, 1.82) is 0 Å². The van der Waals surface area contributed by atoms with Crippen molar-refractivity contribution in [3.05, 3.63) is 83.4 Å². The maximum atomic E-state index is 6.11. The highest BCUT2D eigenvalue weighted by atomic mass is 35.5. The van der Waals surface area contributed by atoms with Gasteiger partial charge in [0.15, 0.2) is 5.17 Å². The second-order valence-electron chi connectivity index (χ2n) is 6.14. The Bertz CT molecular complexity index is 945. The summed E-state index contributed by atoms with van der Waals surface area (Å²) in [6, 6.07) is 15.5. The Kier molecular flexibility index (Phi) is 8.15. The number of hydrogen-bond donors (Lipinski definition) is 1. The largest absolute Gasteiger partial charge is 0.493 e. The Balaban J connectivity index is 1.53. The van der Waals surface area contributed by atoms with Gasteiger partial charge in [0.25, 0.3) is 0 Å². The number of aromatic nitrogens is 2. The molecule has 29 heavy (non-hydrogen) atoms. The lowest BCUT2D eigenvalue weighted by molar-refractivity contribution is 0.301. The summed E-state index contributed by atoms with van der Waals surface area (Å²) < 4.78 is 7.90. The van der Waals surface area contributed by atoms with Crippen molar-refractivity contribution in [2.24, 2.45) is 15.9 Å². The molecule has 0 saturated heterocycles. The summed E-state index contributed by atoms with van der Waals surface area (Å²) in [6.07, 6.45) is 7.94. The van der Waals surface area contributed by atoms with E-state index in [1.807, 2.05) is 47.2 Å². The molecule has 1 heterocycles. The van der Waals surface area contributed by atoms with Crippen molar-refractivity contribution in [3.63, 3.8) is 0 Å². The fourth-order valence-electron chi connectivity index (χ4n) is 2.51. The maximum absolute atomic E-state index is 6.11. The lowest BCUT2D eigenvalue weighted by Crippen LogP contribution is -2.06. The molecule has 3 aromatic rings. The molecule has 6 nitrogen and oxygen atoms in total. The fraction of sp³-hybridized carbons (Fsp3) is 0.190. The first-order chi connectivity index (χ1) is 14.2. The van der Waals surface area contributed by atoms with E-state index in [2.05, 4.69) is 15.2 Å². The van der Waals surface area contributed by atoms with Crippen molar-refractivity contribution >= 4 is 34.7 Å². The van der Waals surface area contributed by atoms with Crippen LogP contribution in [-0.2, 0) is 12.3 Å². The van der Waals surface area contributed by atoms with Gasteiger partial charge in [0.05, 0.1) is 19.1 Å². The third-order valence-electron chi connectivity index (χ3n) is 3.93. The number of thioether (sulfide) groups is 1. The number of imidazole rings is 1. The molecule has 2 aromatic carbocycles. The Morgan fingerprint density at radius 3 is 2.90 bits per heavy atom. The smallest absolute Gasteiger partial charge is 0.180 e. The molecule has 0 unspecified atom stereocenters. The van der Waals surface area contributed by atoms with Gasteiger partial charge in [0.1, 0.15) is 5.75 Å². The van der Waals surface area contributed by atoms with Crippen LogP contribution < -0.4 is 10.5 Å². The van der Waals surface area contributed by atoms with Crippen LogP contribution in [0.1, 0.15) is 17.5 Å². The van der Waals surface area contributed by atoms with Crippen molar-refractivity contribution in [1.82, 2.24) is 9.55 Å². The number of rotatable bonds is 9. The van der Waals surface area contributed by atoms with Crippen LogP contribution in [0.3, 0.4) is 0 Å². The van der Waals surface area contributed by atoms with E-state index in [9.17, 15) is 0 Å². The van der Waals surface area contributed by atoms with Crippen LogP contribution in [0, 0.1) is 0 Å². The van der Waals surface area contributed by atoms with E-state index >= 15 is 0 Å². The first kappa shape index (κ1) is 21.0. The Morgan fingerprint density at radius 2 is 2.10 bits per heavy atom. The lowest BCUT2D eigenvalue weighted by atomic mass is 10.2. The van der Waals surface area contributed by atoms with Gasteiger partial charge in [-0.2, -0.15) is 5.10 Å². The molecule has 0 spiro atoms. The van der Waals surface area contributed by atoms with Crippen LogP contribution in [0.5, 0.6) is 5.75 Å². The summed E-state index contributed by atoms with van der Waals surface area (Å²) in [4.78, 5) is 4.03. The van der Waals surface area contributed by atoms with Crippen LogP contribution in [0.15, 0.2) is 77.5 Å². The molecule has 0 aliphatic heterocycles. The molecule has 0 aliphatic rings. The second-order valence-corrected chi connectivity index (χ2v) is 7.57. The molecule has 3 rings (SSSR count). The van der Waals surface area contributed by atoms with Crippen molar-refractivity contribution in [3.8, 4) is 5.75 Å². The zero-order chi connectivity index (χ0) is 20.3. The average Bonchev–Trinajstić information content (AvgIpc) is 3.25. The van der Waals surface area contributed by atoms with Gasteiger partial charge >= 0.3 is 0 Å². The van der Waals surface area contributed by atoms with E-state index < -0.39 is 0 Å². The highest BCUT2D eigenvalue weighted by Crippen LogP contribution is 2.22. The zero-order valence-corrected chi connectivity index (χ0v) is 17.4. The van der Waals surface area contributed by atoms with E-state index in [-0.39, 0.29) is 0 Å². The maximum Gasteiger partial charge on any atom is 0.180 e. The number of nitrogens with two attached hydrogens (primary N) is 1. The van der Waals surface area contributed by atoms with Crippen LogP contribution in [0.25, 0.3) is 0 Å². The normalized spacial score (nSPS) is 11.8. The minimum Gasteiger partial charge on any atom is -0.493 e. The highest BCUT2D eigenvalue weighted by Gasteiger charge is 2.03. The average molecular weight is 428 g/mol. The van der Waals surface area contributed by atoms with Gasteiger partial charge in [-0.15, -0.1) is 5.10 Å². The van der Waals surface area contributed by atoms with Gasteiger partial charge in [0.2, 0.25) is 0 Å². The highest BCUT2D eigenvalue weighted by molar-refractivity contribution is 8.13. The monoisotopic (exact) mass is 427 g/mol. The standard InChI is InChI=1S/C21H22ClN5OS/c22-19-7-8-20(28-12-4-10-27-11-9-24-16-27)18(13-19)14-25-26-21(23)29-15-17-5-2-1-3-6-17/h1-3,5-9,11,13-14,16H,4,10,12,15H2,(H2,23,26). The first-order valence-electron chi connectivity index (χ1n) is 9.12. The van der Waals surface area contributed by atoms with E-state index in [1.165, 1.54) is 17.3 Å². The summed E-state index contributed by atoms with van der Waals surface area (Å²) in [6.45, 7) is 1.41. The molecule has 0 bridgehead atoms. The summed E-state index contributed by atoms with van der Waals surface area (Å²) in [7, 11) is 0. The predicted molar refractivity (Wildman–Crippen MR) is 121 cm³/mol. The predicted octanol–water partition coefficient (Wildman–Crippen LogP) is 4.59. The number of amidine groups is 1. The third-order valence-corrected chi connectivity index (χ3v) is 5.02. The molecule has 0 radical (unpaired) electrons. The SMILES string of the molecule is NC(=NN=Cc1cc(Cl)ccc1OCCCn1ccnc1)SCc1ccccc1. The number of hydrogen-bond acceptors (Lipinski definition) is 5. The topological polar surface area (TPSA) is 77.8 Å². The fourth-order valence-corrected chi connectivity index (χ4v) is 3.30. The number of halogens is 1.